The van der Waals surface area contributed by atoms with Crippen molar-refractivity contribution in [3.05, 3.63) is 36.4 Å². The Bertz CT molecular complexity index is 483. The zero-order chi connectivity index (χ0) is 14.8. The van der Waals surface area contributed by atoms with Crippen LogP contribution in [-0.4, -0.2) is 25.1 Å². The minimum absolute atomic E-state index is 0.279. The first kappa shape index (κ1) is 15.8. The highest BCUT2D eigenvalue weighted by molar-refractivity contribution is 6.02. The Balaban J connectivity index is 2.55. The number of benzene rings is 1. The first-order valence-corrected chi connectivity index (χ1v) is 6.54. The van der Waals surface area contributed by atoms with E-state index in [2.05, 4.69) is 10.1 Å². The fraction of sp³-hybridized carbons (Fsp3) is 0.333. The van der Waals surface area contributed by atoms with Crippen molar-refractivity contribution in [2.75, 3.05) is 18.5 Å². The normalized spacial score (nSPS) is 10.3. The molecule has 0 aliphatic heterocycles. The second kappa shape index (κ2) is 8.74. The fourth-order valence-electron chi connectivity index (χ4n) is 1.40. The maximum Gasteiger partial charge on any atom is 0.330 e. The number of ether oxygens (including phenoxy) is 2. The molecular formula is C15H19NO4. The molecule has 0 unspecified atom stereocenters. The van der Waals surface area contributed by atoms with E-state index in [1.807, 2.05) is 13.0 Å². The first-order valence-electron chi connectivity index (χ1n) is 6.54. The van der Waals surface area contributed by atoms with Gasteiger partial charge in [0.25, 0.3) is 0 Å². The van der Waals surface area contributed by atoms with Gasteiger partial charge < -0.3 is 14.8 Å². The van der Waals surface area contributed by atoms with Crippen molar-refractivity contribution in [3.63, 3.8) is 0 Å². The van der Waals surface area contributed by atoms with Crippen molar-refractivity contribution >= 4 is 17.6 Å². The number of carbonyl (C=O) groups excluding carboxylic acids is 2. The molecule has 0 saturated carbocycles. The van der Waals surface area contributed by atoms with Crippen LogP contribution in [0.4, 0.5) is 5.69 Å². The first-order chi connectivity index (χ1) is 9.65. The lowest BCUT2D eigenvalue weighted by molar-refractivity contribution is -0.137. The standard InChI is InChI=1S/C15H19NO4/c1-3-10-20-13-7-5-6-12(11-13)16-14(17)8-9-15(18)19-4-2/h5-9,11H,3-4,10H2,1-2H3,(H,16,17)/b9-8+. The van der Waals surface area contributed by atoms with Gasteiger partial charge in [-0.15, -0.1) is 0 Å². The highest BCUT2D eigenvalue weighted by Gasteiger charge is 2.01. The lowest BCUT2D eigenvalue weighted by Crippen LogP contribution is -2.09. The van der Waals surface area contributed by atoms with E-state index in [1.54, 1.807) is 25.1 Å². The summed E-state index contributed by atoms with van der Waals surface area (Å²) in [7, 11) is 0. The van der Waals surface area contributed by atoms with E-state index in [0.29, 0.717) is 18.0 Å². The van der Waals surface area contributed by atoms with Gasteiger partial charge in [0.1, 0.15) is 5.75 Å². The molecule has 0 atom stereocenters. The average molecular weight is 277 g/mol. The second-order valence-electron chi connectivity index (χ2n) is 3.95. The lowest BCUT2D eigenvalue weighted by atomic mass is 10.3. The molecule has 5 nitrogen and oxygen atoms in total. The Hall–Kier alpha value is -2.30. The smallest absolute Gasteiger partial charge is 0.330 e. The monoisotopic (exact) mass is 277 g/mol. The largest absolute Gasteiger partial charge is 0.494 e. The van der Waals surface area contributed by atoms with Crippen LogP contribution in [0.2, 0.25) is 0 Å². The summed E-state index contributed by atoms with van der Waals surface area (Å²) in [6.07, 6.45) is 3.15. The maximum atomic E-state index is 11.6. The molecule has 0 heterocycles. The van der Waals surface area contributed by atoms with Gasteiger partial charge in [0.2, 0.25) is 5.91 Å². The molecule has 0 fully saturated rings. The molecule has 1 aromatic rings. The molecular weight excluding hydrogens is 258 g/mol. The third-order valence-corrected chi connectivity index (χ3v) is 2.23. The molecule has 0 aliphatic rings. The predicted octanol–water partition coefficient (Wildman–Crippen LogP) is 2.53. The van der Waals surface area contributed by atoms with Crippen molar-refractivity contribution in [1.82, 2.24) is 0 Å². The molecule has 1 rings (SSSR count). The Morgan fingerprint density at radius 2 is 2.05 bits per heavy atom. The molecule has 108 valence electrons. The van der Waals surface area contributed by atoms with Crippen LogP contribution in [0, 0.1) is 0 Å². The summed E-state index contributed by atoms with van der Waals surface area (Å²) in [5, 5.41) is 2.64. The third kappa shape index (κ3) is 6.04. The molecule has 0 spiro atoms. The van der Waals surface area contributed by atoms with E-state index in [1.165, 1.54) is 0 Å². The van der Waals surface area contributed by atoms with Gasteiger partial charge >= 0.3 is 5.97 Å². The minimum Gasteiger partial charge on any atom is -0.494 e. The van der Waals surface area contributed by atoms with Crippen LogP contribution < -0.4 is 10.1 Å². The summed E-state index contributed by atoms with van der Waals surface area (Å²) in [6.45, 7) is 4.63. The number of carbonyl (C=O) groups is 2. The zero-order valence-electron chi connectivity index (χ0n) is 11.7. The van der Waals surface area contributed by atoms with Crippen LogP contribution in [0.15, 0.2) is 36.4 Å². The van der Waals surface area contributed by atoms with E-state index >= 15 is 0 Å². The highest BCUT2D eigenvalue weighted by atomic mass is 16.5. The number of nitrogens with one attached hydrogen (secondary N) is 1. The highest BCUT2D eigenvalue weighted by Crippen LogP contribution is 2.17. The Morgan fingerprint density at radius 1 is 1.25 bits per heavy atom. The summed E-state index contributed by atoms with van der Waals surface area (Å²) in [6, 6.07) is 7.08. The molecule has 1 N–H and O–H groups in total. The van der Waals surface area contributed by atoms with E-state index < -0.39 is 11.9 Å². The Morgan fingerprint density at radius 3 is 2.75 bits per heavy atom. The molecule has 20 heavy (non-hydrogen) atoms. The Kier molecular flexibility index (Phi) is 6.89. The van der Waals surface area contributed by atoms with Crippen molar-refractivity contribution in [1.29, 1.82) is 0 Å². The summed E-state index contributed by atoms with van der Waals surface area (Å²) in [4.78, 5) is 22.7. The number of hydrogen-bond acceptors (Lipinski definition) is 4. The zero-order valence-corrected chi connectivity index (χ0v) is 11.7. The van der Waals surface area contributed by atoms with E-state index in [4.69, 9.17) is 4.74 Å². The third-order valence-electron chi connectivity index (χ3n) is 2.23. The van der Waals surface area contributed by atoms with Gasteiger partial charge in [0, 0.05) is 23.9 Å². The van der Waals surface area contributed by atoms with Crippen LogP contribution in [0.3, 0.4) is 0 Å². The maximum absolute atomic E-state index is 11.6. The fourth-order valence-corrected chi connectivity index (χ4v) is 1.40. The van der Waals surface area contributed by atoms with Crippen LogP contribution in [-0.2, 0) is 14.3 Å². The summed E-state index contributed by atoms with van der Waals surface area (Å²) >= 11 is 0. The molecule has 0 aliphatic carbocycles. The van der Waals surface area contributed by atoms with E-state index in [-0.39, 0.29) is 6.61 Å². The van der Waals surface area contributed by atoms with Gasteiger partial charge in [0.05, 0.1) is 13.2 Å². The van der Waals surface area contributed by atoms with Gasteiger partial charge in [0.15, 0.2) is 0 Å². The van der Waals surface area contributed by atoms with Gasteiger partial charge in [-0.1, -0.05) is 13.0 Å². The number of hydrogen-bond donors (Lipinski definition) is 1. The molecule has 0 aromatic heterocycles. The SMILES string of the molecule is CCCOc1cccc(NC(=O)/C=C/C(=O)OCC)c1. The number of rotatable bonds is 7. The molecule has 0 radical (unpaired) electrons. The molecule has 0 saturated heterocycles. The van der Waals surface area contributed by atoms with Gasteiger partial charge in [-0.3, -0.25) is 4.79 Å². The number of esters is 1. The number of anilines is 1. The molecule has 5 heteroatoms. The van der Waals surface area contributed by atoms with Crippen molar-refractivity contribution in [2.24, 2.45) is 0 Å². The summed E-state index contributed by atoms with van der Waals surface area (Å²) < 4.78 is 10.1. The van der Waals surface area contributed by atoms with Gasteiger partial charge in [-0.25, -0.2) is 4.79 Å². The molecule has 1 amide bonds. The van der Waals surface area contributed by atoms with E-state index in [9.17, 15) is 9.59 Å². The summed E-state index contributed by atoms with van der Waals surface area (Å²) in [5.41, 5.74) is 0.608. The quantitative estimate of drug-likeness (QED) is 0.614. The second-order valence-corrected chi connectivity index (χ2v) is 3.95. The Labute approximate surface area is 118 Å². The van der Waals surface area contributed by atoms with Gasteiger partial charge in [-0.2, -0.15) is 0 Å². The molecule has 1 aromatic carbocycles. The van der Waals surface area contributed by atoms with Crippen LogP contribution >= 0.6 is 0 Å². The van der Waals surface area contributed by atoms with Gasteiger partial charge in [-0.05, 0) is 25.5 Å². The lowest BCUT2D eigenvalue weighted by Gasteiger charge is -2.07. The van der Waals surface area contributed by atoms with Crippen LogP contribution in [0.5, 0.6) is 5.75 Å². The van der Waals surface area contributed by atoms with E-state index in [0.717, 1.165) is 18.6 Å². The summed E-state index contributed by atoms with van der Waals surface area (Å²) in [5.74, 6) is -0.243. The minimum atomic E-state index is -0.539. The van der Waals surface area contributed by atoms with Crippen LogP contribution in [0.25, 0.3) is 0 Å². The van der Waals surface area contributed by atoms with Crippen molar-refractivity contribution < 1.29 is 19.1 Å². The van der Waals surface area contributed by atoms with Crippen molar-refractivity contribution in [2.45, 2.75) is 20.3 Å². The predicted molar refractivity (Wildman–Crippen MR) is 76.6 cm³/mol. The van der Waals surface area contributed by atoms with Crippen molar-refractivity contribution in [3.8, 4) is 5.75 Å². The molecule has 0 bridgehead atoms. The number of amides is 1. The topological polar surface area (TPSA) is 64.6 Å². The average Bonchev–Trinajstić information content (AvgIpc) is 2.44. The van der Waals surface area contributed by atoms with Crippen LogP contribution in [0.1, 0.15) is 20.3 Å².